The van der Waals surface area contributed by atoms with Crippen molar-refractivity contribution in [1.82, 2.24) is 4.57 Å². The molecule has 0 spiro atoms. The van der Waals surface area contributed by atoms with Crippen molar-refractivity contribution >= 4 is 32.6 Å². The van der Waals surface area contributed by atoms with E-state index >= 15 is 0 Å². The highest BCUT2D eigenvalue weighted by atomic mass is 15.0. The summed E-state index contributed by atoms with van der Waals surface area (Å²) in [5.74, 6) is 0. The highest BCUT2D eigenvalue weighted by molar-refractivity contribution is 6.20. The standard InChI is InChI=1S/C40H31N/c1-39(2)30-15-9-7-13-27(30)29-23-25(18-20-31(29)39)41-34-16-10-8-14-28(34)37-35(41)22-21-33-38(37)36-26-12-6-5-11-24(26)17-19-32(36)40(33,3)4/h5-23H,1-4H3. The number of hydrogen-bond donors (Lipinski definition) is 0. The Kier molecular flexibility index (Phi) is 4.26. The first kappa shape index (κ1) is 23.1. The average molecular weight is 526 g/mol. The van der Waals surface area contributed by atoms with Crippen LogP contribution in [0.2, 0.25) is 0 Å². The molecule has 0 unspecified atom stereocenters. The fourth-order valence-corrected chi connectivity index (χ4v) is 8.17. The molecular formula is C40H31N. The lowest BCUT2D eigenvalue weighted by Crippen LogP contribution is -2.15. The van der Waals surface area contributed by atoms with Crippen LogP contribution in [0.5, 0.6) is 0 Å². The van der Waals surface area contributed by atoms with Crippen LogP contribution in [-0.2, 0) is 10.8 Å². The number of aromatic nitrogens is 1. The molecule has 0 atom stereocenters. The van der Waals surface area contributed by atoms with Gasteiger partial charge < -0.3 is 4.57 Å². The Labute approximate surface area is 240 Å². The van der Waals surface area contributed by atoms with E-state index in [1.165, 1.54) is 82.8 Å². The largest absolute Gasteiger partial charge is 0.309 e. The van der Waals surface area contributed by atoms with Gasteiger partial charge in [-0.1, -0.05) is 119 Å². The summed E-state index contributed by atoms with van der Waals surface area (Å²) < 4.78 is 2.50. The maximum atomic E-state index is 2.50. The fraction of sp³-hybridized carbons (Fsp3) is 0.150. The van der Waals surface area contributed by atoms with Gasteiger partial charge in [-0.3, -0.25) is 0 Å². The Bertz CT molecular complexity index is 2260. The summed E-state index contributed by atoms with van der Waals surface area (Å²) in [7, 11) is 0. The minimum atomic E-state index is -0.0606. The molecule has 1 nitrogen and oxygen atoms in total. The van der Waals surface area contributed by atoms with E-state index in [1.54, 1.807) is 0 Å². The number of rotatable bonds is 1. The molecule has 0 bridgehead atoms. The molecular weight excluding hydrogens is 494 g/mol. The molecule has 0 fully saturated rings. The van der Waals surface area contributed by atoms with E-state index in [0.717, 1.165) is 0 Å². The van der Waals surface area contributed by atoms with Crippen LogP contribution in [0.1, 0.15) is 49.9 Å². The van der Waals surface area contributed by atoms with Gasteiger partial charge in [-0.25, -0.2) is 0 Å². The quantitative estimate of drug-likeness (QED) is 0.201. The van der Waals surface area contributed by atoms with E-state index in [-0.39, 0.29) is 10.8 Å². The predicted molar refractivity (Wildman–Crippen MR) is 173 cm³/mol. The van der Waals surface area contributed by atoms with Crippen LogP contribution < -0.4 is 0 Å². The van der Waals surface area contributed by atoms with Gasteiger partial charge in [0.05, 0.1) is 11.0 Å². The zero-order valence-corrected chi connectivity index (χ0v) is 23.9. The number of nitrogens with zero attached hydrogens (tertiary/aromatic N) is 1. The van der Waals surface area contributed by atoms with Gasteiger partial charge in [0.15, 0.2) is 0 Å². The molecule has 0 amide bonds. The molecule has 196 valence electrons. The summed E-state index contributed by atoms with van der Waals surface area (Å²) in [5.41, 5.74) is 14.9. The van der Waals surface area contributed by atoms with E-state index < -0.39 is 0 Å². The number of para-hydroxylation sites is 1. The number of hydrogen-bond acceptors (Lipinski definition) is 0. The minimum Gasteiger partial charge on any atom is -0.309 e. The summed E-state index contributed by atoms with van der Waals surface area (Å²) in [6, 6.07) is 43.3. The van der Waals surface area contributed by atoms with Gasteiger partial charge in [0.1, 0.15) is 0 Å². The summed E-state index contributed by atoms with van der Waals surface area (Å²) >= 11 is 0. The van der Waals surface area contributed by atoms with Gasteiger partial charge in [-0.2, -0.15) is 0 Å². The second-order valence-corrected chi connectivity index (χ2v) is 13.0. The fourth-order valence-electron chi connectivity index (χ4n) is 8.17. The molecule has 2 aliphatic carbocycles. The lowest BCUT2D eigenvalue weighted by molar-refractivity contribution is 0.660. The van der Waals surface area contributed by atoms with E-state index in [2.05, 4.69) is 148 Å². The third-order valence-corrected chi connectivity index (χ3v) is 10.2. The molecule has 6 aromatic carbocycles. The van der Waals surface area contributed by atoms with Crippen molar-refractivity contribution in [2.24, 2.45) is 0 Å². The second-order valence-electron chi connectivity index (χ2n) is 13.0. The van der Waals surface area contributed by atoms with E-state index in [9.17, 15) is 0 Å². The van der Waals surface area contributed by atoms with Crippen molar-refractivity contribution in [1.29, 1.82) is 0 Å². The molecule has 0 saturated heterocycles. The first-order chi connectivity index (χ1) is 19.9. The van der Waals surface area contributed by atoms with E-state index in [1.807, 2.05) is 0 Å². The van der Waals surface area contributed by atoms with Crippen LogP contribution in [0.3, 0.4) is 0 Å². The second kappa shape index (κ2) is 7.56. The Morgan fingerprint density at radius 1 is 0.463 bits per heavy atom. The lowest BCUT2D eigenvalue weighted by Gasteiger charge is -2.22. The number of fused-ring (bicyclic) bond motifs is 12. The van der Waals surface area contributed by atoms with Crippen molar-refractivity contribution in [3.8, 4) is 27.9 Å². The van der Waals surface area contributed by atoms with Crippen LogP contribution in [0.4, 0.5) is 0 Å². The molecule has 1 heterocycles. The third-order valence-electron chi connectivity index (χ3n) is 10.2. The Morgan fingerprint density at radius 2 is 1.10 bits per heavy atom. The van der Waals surface area contributed by atoms with Crippen molar-refractivity contribution < 1.29 is 0 Å². The monoisotopic (exact) mass is 525 g/mol. The summed E-state index contributed by atoms with van der Waals surface area (Å²) in [5, 5.41) is 5.33. The number of benzene rings is 6. The molecule has 0 saturated carbocycles. The van der Waals surface area contributed by atoms with Crippen LogP contribution in [0, 0.1) is 0 Å². The topological polar surface area (TPSA) is 4.93 Å². The Morgan fingerprint density at radius 3 is 1.98 bits per heavy atom. The molecule has 1 aromatic heterocycles. The van der Waals surface area contributed by atoms with Crippen molar-refractivity contribution in [3.63, 3.8) is 0 Å². The average Bonchev–Trinajstić information content (AvgIpc) is 3.54. The van der Waals surface area contributed by atoms with Gasteiger partial charge in [0, 0.05) is 27.3 Å². The minimum absolute atomic E-state index is 0.00243. The summed E-state index contributed by atoms with van der Waals surface area (Å²) in [4.78, 5) is 0. The molecule has 7 aromatic rings. The molecule has 41 heavy (non-hydrogen) atoms. The Balaban J connectivity index is 1.41. The summed E-state index contributed by atoms with van der Waals surface area (Å²) in [6.45, 7) is 9.48. The molecule has 0 radical (unpaired) electrons. The molecule has 0 N–H and O–H groups in total. The summed E-state index contributed by atoms with van der Waals surface area (Å²) in [6.07, 6.45) is 0. The first-order valence-corrected chi connectivity index (χ1v) is 14.7. The third kappa shape index (κ3) is 2.77. The first-order valence-electron chi connectivity index (χ1n) is 14.7. The van der Waals surface area contributed by atoms with Crippen molar-refractivity contribution in [2.75, 3.05) is 0 Å². The molecule has 1 heteroatoms. The van der Waals surface area contributed by atoms with Crippen LogP contribution >= 0.6 is 0 Å². The van der Waals surface area contributed by atoms with Gasteiger partial charge in [0.2, 0.25) is 0 Å². The lowest BCUT2D eigenvalue weighted by atomic mass is 9.82. The SMILES string of the molecule is CC1(C)c2ccccc2-c2cc(-n3c4ccccc4c4c5c(ccc43)C(C)(C)c3ccc4ccccc4c3-5)ccc21. The zero-order chi connectivity index (χ0) is 27.7. The highest BCUT2D eigenvalue weighted by Crippen LogP contribution is 2.55. The van der Waals surface area contributed by atoms with Crippen LogP contribution in [0.25, 0.3) is 60.5 Å². The van der Waals surface area contributed by atoms with Gasteiger partial charge in [-0.05, 0) is 79.5 Å². The smallest absolute Gasteiger partial charge is 0.0547 e. The zero-order valence-electron chi connectivity index (χ0n) is 23.9. The van der Waals surface area contributed by atoms with Gasteiger partial charge in [-0.15, -0.1) is 0 Å². The van der Waals surface area contributed by atoms with Crippen LogP contribution in [0.15, 0.2) is 115 Å². The predicted octanol–water partition coefficient (Wildman–Crippen LogP) is 10.5. The molecule has 9 rings (SSSR count). The normalized spacial score (nSPS) is 15.7. The maximum absolute atomic E-state index is 2.50. The van der Waals surface area contributed by atoms with Crippen molar-refractivity contribution in [2.45, 2.75) is 38.5 Å². The molecule has 2 aliphatic rings. The van der Waals surface area contributed by atoms with Gasteiger partial charge in [0.25, 0.3) is 0 Å². The van der Waals surface area contributed by atoms with Gasteiger partial charge >= 0.3 is 0 Å². The maximum Gasteiger partial charge on any atom is 0.0547 e. The molecule has 0 aliphatic heterocycles. The van der Waals surface area contributed by atoms with E-state index in [0.29, 0.717) is 0 Å². The van der Waals surface area contributed by atoms with Crippen LogP contribution in [-0.4, -0.2) is 4.57 Å². The Hall–Kier alpha value is -4.62. The van der Waals surface area contributed by atoms with E-state index in [4.69, 9.17) is 0 Å². The highest BCUT2D eigenvalue weighted by Gasteiger charge is 2.39. The van der Waals surface area contributed by atoms with Crippen molar-refractivity contribution in [3.05, 3.63) is 138 Å².